The van der Waals surface area contributed by atoms with E-state index in [0.717, 1.165) is 5.69 Å². The van der Waals surface area contributed by atoms with Crippen LogP contribution >= 0.6 is 11.5 Å². The maximum absolute atomic E-state index is 12.6. The molecular formula is C15H19N5O3S. The fourth-order valence-corrected chi connectivity index (χ4v) is 3.21. The highest BCUT2D eigenvalue weighted by Gasteiger charge is 2.26. The first kappa shape index (κ1) is 16.6. The SMILES string of the molecule is Cc1nscc1C(=O)N1CCO[C@@H](CNc2nccn(C)c2=O)C1. The van der Waals surface area contributed by atoms with Crippen LogP contribution in [-0.2, 0) is 11.8 Å². The number of rotatable bonds is 4. The zero-order valence-electron chi connectivity index (χ0n) is 13.6. The molecule has 2 aromatic rings. The second-order valence-electron chi connectivity index (χ2n) is 5.63. The summed E-state index contributed by atoms with van der Waals surface area (Å²) in [5.41, 5.74) is 1.21. The molecule has 3 rings (SSSR count). The third-order valence-electron chi connectivity index (χ3n) is 3.92. The monoisotopic (exact) mass is 349 g/mol. The Morgan fingerprint density at radius 2 is 2.38 bits per heavy atom. The zero-order valence-corrected chi connectivity index (χ0v) is 14.4. The van der Waals surface area contributed by atoms with Crippen LogP contribution in [0.3, 0.4) is 0 Å². The molecule has 128 valence electrons. The van der Waals surface area contributed by atoms with Gasteiger partial charge in [0.1, 0.15) is 0 Å². The van der Waals surface area contributed by atoms with E-state index >= 15 is 0 Å². The van der Waals surface area contributed by atoms with Crippen LogP contribution in [-0.4, -0.2) is 57.1 Å². The van der Waals surface area contributed by atoms with Crippen LogP contribution in [0.4, 0.5) is 5.82 Å². The van der Waals surface area contributed by atoms with Crippen LogP contribution < -0.4 is 10.9 Å². The number of carbonyl (C=O) groups is 1. The predicted octanol–water partition coefficient (Wildman–Crippen LogP) is 0.498. The summed E-state index contributed by atoms with van der Waals surface area (Å²) in [4.78, 5) is 30.3. The first-order chi connectivity index (χ1) is 11.6. The van der Waals surface area contributed by atoms with Crippen molar-refractivity contribution in [1.82, 2.24) is 18.8 Å². The first-order valence-corrected chi connectivity index (χ1v) is 8.47. The largest absolute Gasteiger partial charge is 0.373 e. The average Bonchev–Trinajstić information content (AvgIpc) is 3.02. The summed E-state index contributed by atoms with van der Waals surface area (Å²) in [6.07, 6.45) is 2.97. The van der Waals surface area contributed by atoms with Crippen molar-refractivity contribution in [3.63, 3.8) is 0 Å². The van der Waals surface area contributed by atoms with Gasteiger partial charge in [0.25, 0.3) is 11.5 Å². The normalized spacial score (nSPS) is 17.8. The van der Waals surface area contributed by atoms with Gasteiger partial charge in [0, 0.05) is 44.5 Å². The number of ether oxygens (including phenoxy) is 1. The lowest BCUT2D eigenvalue weighted by molar-refractivity contribution is -0.0150. The van der Waals surface area contributed by atoms with Crippen LogP contribution in [0.2, 0.25) is 0 Å². The van der Waals surface area contributed by atoms with Crippen molar-refractivity contribution >= 4 is 23.3 Å². The van der Waals surface area contributed by atoms with Gasteiger partial charge in [-0.3, -0.25) is 9.59 Å². The average molecular weight is 349 g/mol. The van der Waals surface area contributed by atoms with Gasteiger partial charge in [-0.25, -0.2) is 4.98 Å². The summed E-state index contributed by atoms with van der Waals surface area (Å²) in [5, 5.41) is 4.79. The van der Waals surface area contributed by atoms with Gasteiger partial charge in [0.05, 0.1) is 24.0 Å². The highest BCUT2D eigenvalue weighted by atomic mass is 32.1. The van der Waals surface area contributed by atoms with Gasteiger partial charge in [0.15, 0.2) is 5.82 Å². The van der Waals surface area contributed by atoms with Gasteiger partial charge in [-0.2, -0.15) is 4.37 Å². The Hall–Kier alpha value is -2.26. The number of hydrogen-bond acceptors (Lipinski definition) is 7. The third-order valence-corrected chi connectivity index (χ3v) is 4.64. The molecule has 1 aliphatic rings. The van der Waals surface area contributed by atoms with Crippen molar-refractivity contribution < 1.29 is 9.53 Å². The van der Waals surface area contributed by atoms with E-state index in [1.807, 2.05) is 6.92 Å². The minimum absolute atomic E-state index is 0.0247. The van der Waals surface area contributed by atoms with E-state index in [1.165, 1.54) is 16.1 Å². The third kappa shape index (κ3) is 3.46. The molecule has 2 aromatic heterocycles. The number of carbonyl (C=O) groups excluding carboxylic acids is 1. The molecule has 1 aliphatic heterocycles. The molecule has 24 heavy (non-hydrogen) atoms. The summed E-state index contributed by atoms with van der Waals surface area (Å²) in [6.45, 7) is 3.73. The van der Waals surface area contributed by atoms with E-state index in [2.05, 4.69) is 14.7 Å². The number of hydrogen-bond donors (Lipinski definition) is 1. The summed E-state index contributed by atoms with van der Waals surface area (Å²) >= 11 is 1.28. The van der Waals surface area contributed by atoms with Crippen LogP contribution in [0.25, 0.3) is 0 Å². The van der Waals surface area contributed by atoms with Gasteiger partial charge in [0.2, 0.25) is 0 Å². The molecule has 0 bridgehead atoms. The second-order valence-corrected chi connectivity index (χ2v) is 6.26. The summed E-state index contributed by atoms with van der Waals surface area (Å²) in [7, 11) is 1.67. The Labute approximate surface area is 143 Å². The molecule has 0 unspecified atom stereocenters. The van der Waals surface area contributed by atoms with Crippen LogP contribution in [0, 0.1) is 6.92 Å². The summed E-state index contributed by atoms with van der Waals surface area (Å²) < 4.78 is 11.3. The van der Waals surface area contributed by atoms with Gasteiger partial charge in [-0.05, 0) is 18.5 Å². The lowest BCUT2D eigenvalue weighted by Gasteiger charge is -2.33. The standard InChI is InChI=1S/C15H19N5O3S/c1-10-12(9-24-18-10)14(21)20-5-6-23-11(8-20)7-17-13-15(22)19(2)4-3-16-13/h3-4,9,11H,5-8H2,1-2H3,(H,16,17)/t11-/m0/s1. The number of aryl methyl sites for hydroxylation is 2. The summed E-state index contributed by atoms with van der Waals surface area (Å²) in [6, 6.07) is 0. The Balaban J connectivity index is 1.62. The molecular weight excluding hydrogens is 330 g/mol. The Bertz CT molecular complexity index is 787. The Kier molecular flexibility index (Phi) is 4.91. The van der Waals surface area contributed by atoms with Crippen molar-refractivity contribution in [2.45, 2.75) is 13.0 Å². The molecule has 9 heteroatoms. The van der Waals surface area contributed by atoms with Crippen molar-refractivity contribution in [2.24, 2.45) is 7.05 Å². The van der Waals surface area contributed by atoms with Crippen LogP contribution in [0.15, 0.2) is 22.6 Å². The molecule has 1 atom stereocenters. The molecule has 0 aliphatic carbocycles. The highest BCUT2D eigenvalue weighted by Crippen LogP contribution is 2.15. The van der Waals surface area contributed by atoms with Crippen molar-refractivity contribution in [2.75, 3.05) is 31.6 Å². The van der Waals surface area contributed by atoms with Crippen LogP contribution in [0.1, 0.15) is 16.1 Å². The molecule has 8 nitrogen and oxygen atoms in total. The summed E-state index contributed by atoms with van der Waals surface area (Å²) in [5.74, 6) is 0.258. The van der Waals surface area contributed by atoms with Gasteiger partial charge >= 0.3 is 0 Å². The zero-order chi connectivity index (χ0) is 17.1. The fourth-order valence-electron chi connectivity index (χ4n) is 2.52. The molecule has 1 N–H and O–H groups in total. The minimum atomic E-state index is -0.193. The lowest BCUT2D eigenvalue weighted by Crippen LogP contribution is -2.48. The first-order valence-electron chi connectivity index (χ1n) is 7.63. The Morgan fingerprint density at radius 1 is 1.54 bits per heavy atom. The smallest absolute Gasteiger partial charge is 0.293 e. The van der Waals surface area contributed by atoms with Crippen LogP contribution in [0.5, 0.6) is 0 Å². The number of anilines is 1. The molecule has 0 spiro atoms. The highest BCUT2D eigenvalue weighted by molar-refractivity contribution is 7.03. The predicted molar refractivity (Wildman–Crippen MR) is 90.5 cm³/mol. The molecule has 3 heterocycles. The van der Waals surface area contributed by atoms with E-state index in [0.29, 0.717) is 31.8 Å². The van der Waals surface area contributed by atoms with E-state index in [4.69, 9.17) is 4.74 Å². The Morgan fingerprint density at radius 3 is 3.12 bits per heavy atom. The molecule has 1 fully saturated rings. The molecule has 0 saturated carbocycles. The molecule has 0 radical (unpaired) electrons. The topological polar surface area (TPSA) is 89.3 Å². The number of amides is 1. The van der Waals surface area contributed by atoms with Crippen molar-refractivity contribution in [3.05, 3.63) is 39.4 Å². The van der Waals surface area contributed by atoms with Gasteiger partial charge in [-0.15, -0.1) is 0 Å². The van der Waals surface area contributed by atoms with E-state index in [1.54, 1.807) is 29.7 Å². The number of morpholine rings is 1. The molecule has 1 saturated heterocycles. The second kappa shape index (κ2) is 7.10. The van der Waals surface area contributed by atoms with E-state index < -0.39 is 0 Å². The lowest BCUT2D eigenvalue weighted by atomic mass is 10.2. The maximum atomic E-state index is 12.6. The fraction of sp³-hybridized carbons (Fsp3) is 0.467. The quantitative estimate of drug-likeness (QED) is 0.864. The van der Waals surface area contributed by atoms with E-state index in [-0.39, 0.29) is 23.4 Å². The van der Waals surface area contributed by atoms with Gasteiger partial charge in [-0.1, -0.05) is 0 Å². The number of nitrogens with one attached hydrogen (secondary N) is 1. The molecule has 0 aromatic carbocycles. The maximum Gasteiger partial charge on any atom is 0.293 e. The van der Waals surface area contributed by atoms with E-state index in [9.17, 15) is 9.59 Å². The molecule has 1 amide bonds. The minimum Gasteiger partial charge on any atom is -0.373 e. The number of nitrogens with zero attached hydrogens (tertiary/aromatic N) is 4. The number of aromatic nitrogens is 3. The van der Waals surface area contributed by atoms with Crippen molar-refractivity contribution in [3.8, 4) is 0 Å². The van der Waals surface area contributed by atoms with Crippen molar-refractivity contribution in [1.29, 1.82) is 0 Å². The van der Waals surface area contributed by atoms with Gasteiger partial charge < -0.3 is 19.5 Å².